The smallest absolute Gasteiger partial charge is 0.300 e. The molecule has 1 unspecified atom stereocenters. The highest BCUT2D eigenvalue weighted by molar-refractivity contribution is 6.51. The third-order valence-electron chi connectivity index (χ3n) is 4.62. The van der Waals surface area contributed by atoms with Gasteiger partial charge in [0, 0.05) is 11.8 Å². The van der Waals surface area contributed by atoms with Gasteiger partial charge in [-0.2, -0.15) is 0 Å². The van der Waals surface area contributed by atoms with Crippen LogP contribution in [0.2, 0.25) is 0 Å². The molecular formula is C22H16N2O4. The molecular weight excluding hydrogens is 356 g/mol. The van der Waals surface area contributed by atoms with Gasteiger partial charge in [0.2, 0.25) is 0 Å². The number of amides is 1. The summed E-state index contributed by atoms with van der Waals surface area (Å²) < 4.78 is 0. The van der Waals surface area contributed by atoms with Gasteiger partial charge in [-0.05, 0) is 29.8 Å². The van der Waals surface area contributed by atoms with Gasteiger partial charge < -0.3 is 10.2 Å². The molecule has 3 aromatic rings. The van der Waals surface area contributed by atoms with Crippen molar-refractivity contribution in [3.63, 3.8) is 0 Å². The minimum Gasteiger partial charge on any atom is -0.508 e. The molecule has 0 radical (unpaired) electrons. The second-order valence-corrected chi connectivity index (χ2v) is 6.34. The van der Waals surface area contributed by atoms with E-state index in [1.165, 1.54) is 23.2 Å². The fraction of sp³-hybridized carbons (Fsp3) is 0.0455. The van der Waals surface area contributed by atoms with Crippen LogP contribution in [0, 0.1) is 0 Å². The van der Waals surface area contributed by atoms with Crippen molar-refractivity contribution in [3.8, 4) is 5.75 Å². The molecule has 1 amide bonds. The summed E-state index contributed by atoms with van der Waals surface area (Å²) in [5.74, 6) is -1.71. The summed E-state index contributed by atoms with van der Waals surface area (Å²) in [7, 11) is 0. The van der Waals surface area contributed by atoms with Gasteiger partial charge in [0.05, 0.1) is 23.5 Å². The zero-order chi connectivity index (χ0) is 19.7. The quantitative estimate of drug-likeness (QED) is 0.418. The van der Waals surface area contributed by atoms with E-state index in [0.29, 0.717) is 16.8 Å². The molecule has 0 saturated carbocycles. The van der Waals surface area contributed by atoms with E-state index in [-0.39, 0.29) is 17.1 Å². The van der Waals surface area contributed by atoms with Crippen LogP contribution >= 0.6 is 0 Å². The zero-order valence-corrected chi connectivity index (χ0v) is 14.7. The topological polar surface area (TPSA) is 90.7 Å². The number of pyridine rings is 1. The average Bonchev–Trinajstić information content (AvgIpc) is 3.00. The molecule has 0 aliphatic carbocycles. The normalized spacial score (nSPS) is 18.4. The molecule has 1 aliphatic rings. The van der Waals surface area contributed by atoms with E-state index in [0.717, 1.165) is 0 Å². The molecule has 1 aromatic heterocycles. The summed E-state index contributed by atoms with van der Waals surface area (Å²) in [6.07, 6.45) is 3.06. The van der Waals surface area contributed by atoms with Crippen LogP contribution in [0.15, 0.2) is 84.7 Å². The van der Waals surface area contributed by atoms with Crippen molar-refractivity contribution in [1.29, 1.82) is 0 Å². The largest absolute Gasteiger partial charge is 0.508 e. The molecule has 0 spiro atoms. The van der Waals surface area contributed by atoms with Crippen molar-refractivity contribution in [2.45, 2.75) is 6.04 Å². The Morgan fingerprint density at radius 3 is 2.29 bits per heavy atom. The first kappa shape index (κ1) is 17.5. The van der Waals surface area contributed by atoms with Gasteiger partial charge in [0.1, 0.15) is 11.5 Å². The number of anilines is 1. The van der Waals surface area contributed by atoms with Crippen molar-refractivity contribution >= 4 is 23.1 Å². The van der Waals surface area contributed by atoms with Crippen molar-refractivity contribution in [3.05, 3.63) is 95.8 Å². The fourth-order valence-corrected chi connectivity index (χ4v) is 3.32. The van der Waals surface area contributed by atoms with E-state index < -0.39 is 17.7 Å². The van der Waals surface area contributed by atoms with Crippen LogP contribution in [0.5, 0.6) is 5.75 Å². The number of hydrogen-bond acceptors (Lipinski definition) is 5. The zero-order valence-electron chi connectivity index (χ0n) is 14.7. The van der Waals surface area contributed by atoms with Crippen LogP contribution in [0.25, 0.3) is 5.76 Å². The molecule has 1 atom stereocenters. The van der Waals surface area contributed by atoms with Gasteiger partial charge in [-0.25, -0.2) is 0 Å². The molecule has 6 heteroatoms. The number of aliphatic hydroxyl groups excluding tert-OH is 1. The molecule has 2 aromatic carbocycles. The number of carbonyl (C=O) groups excluding carboxylic acids is 2. The lowest BCUT2D eigenvalue weighted by molar-refractivity contribution is -0.132. The van der Waals surface area contributed by atoms with Crippen LogP contribution in [0.4, 0.5) is 5.69 Å². The highest BCUT2D eigenvalue weighted by atomic mass is 16.3. The van der Waals surface area contributed by atoms with Crippen molar-refractivity contribution < 1.29 is 19.8 Å². The predicted octanol–water partition coefficient (Wildman–Crippen LogP) is 3.41. The maximum Gasteiger partial charge on any atom is 0.300 e. The Bertz CT molecular complexity index is 1060. The average molecular weight is 372 g/mol. The van der Waals surface area contributed by atoms with E-state index in [2.05, 4.69) is 4.98 Å². The number of ketones is 1. The number of phenols is 1. The van der Waals surface area contributed by atoms with E-state index in [1.807, 2.05) is 0 Å². The Morgan fingerprint density at radius 1 is 0.929 bits per heavy atom. The second kappa shape index (κ2) is 7.00. The van der Waals surface area contributed by atoms with Crippen LogP contribution in [-0.4, -0.2) is 26.9 Å². The molecule has 138 valence electrons. The number of nitrogens with zero attached hydrogens (tertiary/aromatic N) is 2. The number of rotatable bonds is 3. The first-order valence-electron chi connectivity index (χ1n) is 8.63. The third kappa shape index (κ3) is 2.91. The van der Waals surface area contributed by atoms with Gasteiger partial charge in [-0.1, -0.05) is 42.5 Å². The summed E-state index contributed by atoms with van der Waals surface area (Å²) in [6, 6.07) is 17.3. The van der Waals surface area contributed by atoms with Gasteiger partial charge in [0.15, 0.2) is 0 Å². The molecule has 2 heterocycles. The standard InChI is InChI=1S/C22H16N2O4/c25-17-10-8-14(9-11-17)19-18(20(26)15-5-2-1-3-6-15)21(27)22(28)24(19)16-7-4-12-23-13-16/h1-13,19,25-26H. The Labute approximate surface area is 161 Å². The lowest BCUT2D eigenvalue weighted by Gasteiger charge is -2.25. The monoisotopic (exact) mass is 372 g/mol. The molecule has 1 aliphatic heterocycles. The van der Waals surface area contributed by atoms with Crippen LogP contribution in [0.1, 0.15) is 17.2 Å². The highest BCUT2D eigenvalue weighted by Crippen LogP contribution is 2.42. The molecule has 28 heavy (non-hydrogen) atoms. The molecule has 1 fully saturated rings. The summed E-state index contributed by atoms with van der Waals surface area (Å²) in [5.41, 5.74) is 1.45. The SMILES string of the molecule is O=C1C(=O)N(c2cccnc2)C(c2ccc(O)cc2)C1=C(O)c1ccccc1. The minimum atomic E-state index is -0.843. The molecule has 0 bridgehead atoms. The molecule has 1 saturated heterocycles. The summed E-state index contributed by atoms with van der Waals surface area (Å²) >= 11 is 0. The highest BCUT2D eigenvalue weighted by Gasteiger charge is 2.47. The van der Waals surface area contributed by atoms with E-state index in [1.54, 1.807) is 60.8 Å². The Balaban J connectivity index is 1.95. The second-order valence-electron chi connectivity index (χ2n) is 6.34. The van der Waals surface area contributed by atoms with Gasteiger partial charge in [-0.15, -0.1) is 0 Å². The number of phenolic OH excluding ortho intramolecular Hbond substituents is 1. The van der Waals surface area contributed by atoms with Crippen LogP contribution in [-0.2, 0) is 9.59 Å². The van der Waals surface area contributed by atoms with Gasteiger partial charge >= 0.3 is 0 Å². The van der Waals surface area contributed by atoms with Crippen LogP contribution < -0.4 is 4.90 Å². The first-order chi connectivity index (χ1) is 13.6. The number of Topliss-reactive ketones (excluding diaryl/α,β-unsaturated/α-hetero) is 1. The molecule has 2 N–H and O–H groups in total. The number of hydrogen-bond donors (Lipinski definition) is 2. The number of benzene rings is 2. The number of aromatic nitrogens is 1. The summed E-state index contributed by atoms with van der Waals surface area (Å²) in [4.78, 5) is 31.1. The van der Waals surface area contributed by atoms with Crippen LogP contribution in [0.3, 0.4) is 0 Å². The lowest BCUT2D eigenvalue weighted by Crippen LogP contribution is -2.29. The van der Waals surface area contributed by atoms with E-state index >= 15 is 0 Å². The molecule has 4 rings (SSSR count). The minimum absolute atomic E-state index is 0.00857. The van der Waals surface area contributed by atoms with Crippen molar-refractivity contribution in [2.75, 3.05) is 4.90 Å². The Hall–Kier alpha value is -3.93. The molecule has 6 nitrogen and oxygen atoms in total. The third-order valence-corrected chi connectivity index (χ3v) is 4.62. The Morgan fingerprint density at radius 2 is 1.64 bits per heavy atom. The Kier molecular flexibility index (Phi) is 4.37. The van der Waals surface area contributed by atoms with Crippen molar-refractivity contribution in [2.24, 2.45) is 0 Å². The first-order valence-corrected chi connectivity index (χ1v) is 8.63. The van der Waals surface area contributed by atoms with E-state index in [9.17, 15) is 19.8 Å². The summed E-state index contributed by atoms with van der Waals surface area (Å²) in [5, 5.41) is 20.5. The van der Waals surface area contributed by atoms with Gasteiger partial charge in [0.25, 0.3) is 11.7 Å². The predicted molar refractivity (Wildman–Crippen MR) is 104 cm³/mol. The van der Waals surface area contributed by atoms with Gasteiger partial charge in [-0.3, -0.25) is 19.5 Å². The maximum absolute atomic E-state index is 12.9. The number of aromatic hydroxyl groups is 1. The lowest BCUT2D eigenvalue weighted by atomic mass is 9.95. The number of carbonyl (C=O) groups is 2. The van der Waals surface area contributed by atoms with E-state index in [4.69, 9.17) is 0 Å². The number of aliphatic hydroxyl groups is 1. The maximum atomic E-state index is 12.9. The van der Waals surface area contributed by atoms with Crippen molar-refractivity contribution in [1.82, 2.24) is 4.98 Å². The summed E-state index contributed by atoms with van der Waals surface area (Å²) in [6.45, 7) is 0. The fourth-order valence-electron chi connectivity index (χ4n) is 3.32.